The lowest BCUT2D eigenvalue weighted by atomic mass is 10.2. The van der Waals surface area contributed by atoms with Gasteiger partial charge in [0, 0.05) is 5.39 Å². The number of rotatable bonds is 6. The molecular formula is C17H17NO3. The normalized spacial score (nSPS) is 11.3. The van der Waals surface area contributed by atoms with Crippen molar-refractivity contribution in [1.82, 2.24) is 4.90 Å². The molecule has 4 heteroatoms. The quantitative estimate of drug-likeness (QED) is 0.647. The van der Waals surface area contributed by atoms with Gasteiger partial charge in [-0.15, -0.1) is 0 Å². The largest absolute Gasteiger partial charge is 0.468 e. The number of carbonyl (C=O) groups excluding carboxylic acids is 1. The van der Waals surface area contributed by atoms with Crippen LogP contribution in [-0.2, 0) is 6.54 Å². The number of Topliss-reactive ketones (excluding diaryl/α,β-unsaturated/α-hetero) is 1. The molecule has 0 saturated heterocycles. The van der Waals surface area contributed by atoms with Crippen molar-refractivity contribution in [1.29, 1.82) is 0 Å². The fraction of sp³-hybridized carbons (Fsp3) is 0.235. The predicted octanol–water partition coefficient (Wildman–Crippen LogP) is 3.73. The van der Waals surface area contributed by atoms with Crippen LogP contribution < -0.4 is 0 Å². The van der Waals surface area contributed by atoms with Crippen molar-refractivity contribution in [2.24, 2.45) is 0 Å². The molecule has 0 saturated carbocycles. The Kier molecular flexibility index (Phi) is 3.88. The molecule has 2 heterocycles. The van der Waals surface area contributed by atoms with E-state index in [1.54, 1.807) is 12.3 Å². The third-order valence-electron chi connectivity index (χ3n) is 3.47. The van der Waals surface area contributed by atoms with E-state index in [-0.39, 0.29) is 5.78 Å². The molecule has 0 spiro atoms. The first-order valence-electron chi connectivity index (χ1n) is 7.03. The summed E-state index contributed by atoms with van der Waals surface area (Å²) in [5.41, 5.74) is 0.745. The Balaban J connectivity index is 1.72. The summed E-state index contributed by atoms with van der Waals surface area (Å²) in [6, 6.07) is 13.2. The molecule has 0 aliphatic carbocycles. The van der Waals surface area contributed by atoms with Gasteiger partial charge in [-0.1, -0.05) is 25.1 Å². The van der Waals surface area contributed by atoms with Gasteiger partial charge < -0.3 is 8.83 Å². The SMILES string of the molecule is CCN(CC(=O)c1cc2ccccc2o1)Cc1ccco1. The Morgan fingerprint density at radius 2 is 2.05 bits per heavy atom. The van der Waals surface area contributed by atoms with Crippen molar-refractivity contribution < 1.29 is 13.6 Å². The van der Waals surface area contributed by atoms with Crippen LogP contribution in [0.15, 0.2) is 57.6 Å². The molecule has 0 radical (unpaired) electrons. The van der Waals surface area contributed by atoms with Crippen LogP contribution in [0.4, 0.5) is 0 Å². The summed E-state index contributed by atoms with van der Waals surface area (Å²) in [7, 11) is 0. The van der Waals surface area contributed by atoms with E-state index in [1.807, 2.05) is 48.2 Å². The maximum absolute atomic E-state index is 12.3. The minimum Gasteiger partial charge on any atom is -0.468 e. The maximum Gasteiger partial charge on any atom is 0.211 e. The molecule has 0 N–H and O–H groups in total. The van der Waals surface area contributed by atoms with Crippen LogP contribution in [0, 0.1) is 0 Å². The minimum absolute atomic E-state index is 0.0143. The highest BCUT2D eigenvalue weighted by molar-refractivity contribution is 5.98. The van der Waals surface area contributed by atoms with Crippen LogP contribution in [0.2, 0.25) is 0 Å². The Labute approximate surface area is 123 Å². The Hall–Kier alpha value is -2.33. The van der Waals surface area contributed by atoms with Gasteiger partial charge in [-0.25, -0.2) is 0 Å². The number of para-hydroxylation sites is 1. The Morgan fingerprint density at radius 1 is 1.19 bits per heavy atom. The fourth-order valence-electron chi connectivity index (χ4n) is 2.30. The lowest BCUT2D eigenvalue weighted by molar-refractivity contribution is 0.0899. The summed E-state index contributed by atoms with van der Waals surface area (Å²) >= 11 is 0. The average molecular weight is 283 g/mol. The molecule has 3 rings (SSSR count). The van der Waals surface area contributed by atoms with Crippen LogP contribution in [-0.4, -0.2) is 23.8 Å². The van der Waals surface area contributed by atoms with Crippen molar-refractivity contribution >= 4 is 16.8 Å². The summed E-state index contributed by atoms with van der Waals surface area (Å²) in [5.74, 6) is 1.25. The van der Waals surface area contributed by atoms with Crippen LogP contribution >= 0.6 is 0 Å². The lowest BCUT2D eigenvalue weighted by Crippen LogP contribution is -2.29. The molecule has 2 aromatic heterocycles. The van der Waals surface area contributed by atoms with Crippen LogP contribution in [0.1, 0.15) is 23.2 Å². The first-order chi connectivity index (χ1) is 10.3. The number of likely N-dealkylation sites (N-methyl/N-ethyl adjacent to an activating group) is 1. The molecule has 3 aromatic rings. The second kappa shape index (κ2) is 5.97. The number of benzene rings is 1. The molecule has 21 heavy (non-hydrogen) atoms. The van der Waals surface area contributed by atoms with Gasteiger partial charge in [0.1, 0.15) is 11.3 Å². The molecule has 1 aromatic carbocycles. The first-order valence-corrected chi connectivity index (χ1v) is 7.03. The molecule has 0 amide bonds. The first kappa shape index (κ1) is 13.6. The fourth-order valence-corrected chi connectivity index (χ4v) is 2.30. The molecule has 108 valence electrons. The summed E-state index contributed by atoms with van der Waals surface area (Å²) in [5, 5.41) is 0.954. The van der Waals surface area contributed by atoms with E-state index in [2.05, 4.69) is 0 Å². The van der Waals surface area contributed by atoms with Gasteiger partial charge in [-0.2, -0.15) is 0 Å². The predicted molar refractivity (Wildman–Crippen MR) is 80.2 cm³/mol. The second-order valence-corrected chi connectivity index (χ2v) is 4.95. The third-order valence-corrected chi connectivity index (χ3v) is 3.47. The van der Waals surface area contributed by atoms with E-state index in [9.17, 15) is 4.79 Å². The van der Waals surface area contributed by atoms with Gasteiger partial charge in [0.15, 0.2) is 5.76 Å². The molecule has 0 aliphatic heterocycles. The van der Waals surface area contributed by atoms with Crippen LogP contribution in [0.3, 0.4) is 0 Å². The van der Waals surface area contributed by atoms with Gasteiger partial charge in [-0.05, 0) is 30.8 Å². The van der Waals surface area contributed by atoms with E-state index in [0.717, 1.165) is 23.3 Å². The van der Waals surface area contributed by atoms with Crippen molar-refractivity contribution in [3.63, 3.8) is 0 Å². The highest BCUT2D eigenvalue weighted by Crippen LogP contribution is 2.19. The highest BCUT2D eigenvalue weighted by atomic mass is 16.3. The molecule has 0 fully saturated rings. The zero-order valence-corrected chi connectivity index (χ0v) is 11.9. The number of nitrogens with zero attached hydrogens (tertiary/aromatic N) is 1. The molecule has 0 atom stereocenters. The lowest BCUT2D eigenvalue weighted by Gasteiger charge is -2.17. The number of hydrogen-bond acceptors (Lipinski definition) is 4. The second-order valence-electron chi connectivity index (χ2n) is 4.95. The molecule has 0 aliphatic rings. The molecule has 0 bridgehead atoms. The number of fused-ring (bicyclic) bond motifs is 1. The Morgan fingerprint density at radius 3 is 2.76 bits per heavy atom. The van der Waals surface area contributed by atoms with Gasteiger partial charge in [-0.3, -0.25) is 9.69 Å². The van der Waals surface area contributed by atoms with E-state index < -0.39 is 0 Å². The summed E-state index contributed by atoms with van der Waals surface area (Å²) in [6.45, 7) is 3.73. The maximum atomic E-state index is 12.3. The van der Waals surface area contributed by atoms with Crippen molar-refractivity contribution in [3.8, 4) is 0 Å². The van der Waals surface area contributed by atoms with E-state index in [0.29, 0.717) is 18.8 Å². The van der Waals surface area contributed by atoms with E-state index in [1.165, 1.54) is 0 Å². The van der Waals surface area contributed by atoms with Gasteiger partial charge >= 0.3 is 0 Å². The number of ketones is 1. The summed E-state index contributed by atoms with van der Waals surface area (Å²) in [6.07, 6.45) is 1.64. The molecular weight excluding hydrogens is 266 g/mol. The van der Waals surface area contributed by atoms with E-state index in [4.69, 9.17) is 8.83 Å². The molecule has 0 unspecified atom stereocenters. The highest BCUT2D eigenvalue weighted by Gasteiger charge is 2.16. The number of furan rings is 2. The summed E-state index contributed by atoms with van der Waals surface area (Å²) in [4.78, 5) is 14.4. The van der Waals surface area contributed by atoms with Crippen molar-refractivity contribution in [2.75, 3.05) is 13.1 Å². The zero-order valence-electron chi connectivity index (χ0n) is 11.9. The number of carbonyl (C=O) groups is 1. The minimum atomic E-state index is -0.0143. The van der Waals surface area contributed by atoms with Gasteiger partial charge in [0.25, 0.3) is 0 Å². The Bertz CT molecular complexity index is 694. The third kappa shape index (κ3) is 3.06. The monoisotopic (exact) mass is 283 g/mol. The van der Waals surface area contributed by atoms with Crippen LogP contribution in [0.25, 0.3) is 11.0 Å². The smallest absolute Gasteiger partial charge is 0.211 e. The topological polar surface area (TPSA) is 46.6 Å². The van der Waals surface area contributed by atoms with Crippen molar-refractivity contribution in [3.05, 3.63) is 60.2 Å². The van der Waals surface area contributed by atoms with Crippen LogP contribution in [0.5, 0.6) is 0 Å². The van der Waals surface area contributed by atoms with E-state index >= 15 is 0 Å². The van der Waals surface area contributed by atoms with Gasteiger partial charge in [0.2, 0.25) is 5.78 Å². The average Bonchev–Trinajstić information content (AvgIpc) is 3.15. The molecule has 4 nitrogen and oxygen atoms in total. The number of hydrogen-bond donors (Lipinski definition) is 0. The van der Waals surface area contributed by atoms with Crippen molar-refractivity contribution in [2.45, 2.75) is 13.5 Å². The van der Waals surface area contributed by atoms with Gasteiger partial charge in [0.05, 0.1) is 19.4 Å². The standard InChI is InChI=1S/C17H17NO3/c1-2-18(11-14-7-5-9-20-14)12-15(19)17-10-13-6-3-4-8-16(13)21-17/h3-10H,2,11-12H2,1H3. The zero-order chi connectivity index (χ0) is 14.7. The summed E-state index contributed by atoms with van der Waals surface area (Å²) < 4.78 is 10.9.